The Morgan fingerprint density at radius 3 is 2.35 bits per heavy atom. The molecule has 1 aromatic carbocycles. The maximum atomic E-state index is 13.3. The number of carbonyl (C=O) groups excluding carboxylic acids is 1. The molecule has 0 aliphatic carbocycles. The van der Waals surface area contributed by atoms with E-state index in [9.17, 15) is 18.4 Å². The van der Waals surface area contributed by atoms with Gasteiger partial charge in [0.2, 0.25) is 0 Å². The van der Waals surface area contributed by atoms with E-state index in [0.717, 1.165) is 5.57 Å². The zero-order chi connectivity index (χ0) is 14.9. The van der Waals surface area contributed by atoms with E-state index in [0.29, 0.717) is 31.6 Å². The molecule has 1 aliphatic rings. The van der Waals surface area contributed by atoms with Crippen molar-refractivity contribution in [1.82, 2.24) is 4.90 Å². The molecule has 1 amide bonds. The molecule has 0 saturated heterocycles. The highest BCUT2D eigenvalue weighted by atomic mass is 19.2. The quantitative estimate of drug-likeness (QED) is 0.847. The summed E-state index contributed by atoms with van der Waals surface area (Å²) in [6.07, 6.45) is 2.64. The van der Waals surface area contributed by atoms with Gasteiger partial charge in [-0.1, -0.05) is 11.6 Å². The van der Waals surface area contributed by atoms with Gasteiger partial charge in [-0.25, -0.2) is 13.6 Å². The average molecular weight is 281 g/mol. The second kappa shape index (κ2) is 5.40. The minimum atomic E-state index is -1.46. The molecule has 20 heavy (non-hydrogen) atoms. The molecule has 2 rings (SSSR count). The molecule has 1 N–H and O–H groups in total. The van der Waals surface area contributed by atoms with Crippen LogP contribution in [0.3, 0.4) is 0 Å². The molecule has 0 unspecified atom stereocenters. The van der Waals surface area contributed by atoms with Gasteiger partial charge >= 0.3 is 5.97 Å². The zero-order valence-electron chi connectivity index (χ0n) is 10.8. The van der Waals surface area contributed by atoms with Crippen LogP contribution in [0, 0.1) is 11.6 Å². The molecule has 0 bridgehead atoms. The molecular formula is C14H13F2NO3. The van der Waals surface area contributed by atoms with Crippen molar-refractivity contribution in [2.75, 3.05) is 13.1 Å². The van der Waals surface area contributed by atoms with E-state index in [1.165, 1.54) is 4.90 Å². The van der Waals surface area contributed by atoms with E-state index in [-0.39, 0.29) is 5.56 Å². The molecule has 1 aliphatic heterocycles. The number of halogens is 2. The fourth-order valence-corrected chi connectivity index (χ4v) is 2.16. The predicted octanol–water partition coefficient (Wildman–Crippen LogP) is 2.46. The zero-order valence-corrected chi connectivity index (χ0v) is 10.8. The van der Waals surface area contributed by atoms with Crippen LogP contribution in [0.5, 0.6) is 0 Å². The third-order valence-electron chi connectivity index (χ3n) is 3.14. The smallest absolute Gasteiger partial charge is 0.336 e. The lowest BCUT2D eigenvalue weighted by Gasteiger charge is -2.26. The molecule has 0 atom stereocenters. The lowest BCUT2D eigenvalue weighted by Crippen LogP contribution is -2.36. The number of carbonyl (C=O) groups is 2. The summed E-state index contributed by atoms with van der Waals surface area (Å²) in [6, 6.07) is 1.19. The van der Waals surface area contributed by atoms with Crippen LogP contribution >= 0.6 is 0 Å². The summed E-state index contributed by atoms with van der Waals surface area (Å²) in [5, 5.41) is 9.01. The third-order valence-corrected chi connectivity index (χ3v) is 3.14. The summed E-state index contributed by atoms with van der Waals surface area (Å²) in [5.74, 6) is -4.58. The highest BCUT2D eigenvalue weighted by Crippen LogP contribution is 2.19. The number of hydrogen-bond acceptors (Lipinski definition) is 2. The molecule has 1 aromatic rings. The first-order valence-electron chi connectivity index (χ1n) is 6.07. The Bertz CT molecular complexity index is 611. The van der Waals surface area contributed by atoms with Crippen molar-refractivity contribution in [3.05, 3.63) is 46.5 Å². The van der Waals surface area contributed by atoms with Gasteiger partial charge in [-0.05, 0) is 25.5 Å². The van der Waals surface area contributed by atoms with E-state index < -0.39 is 29.1 Å². The van der Waals surface area contributed by atoms with E-state index in [1.54, 1.807) is 0 Å². The fourth-order valence-electron chi connectivity index (χ4n) is 2.16. The number of hydrogen-bond donors (Lipinski definition) is 1. The third kappa shape index (κ3) is 2.68. The van der Waals surface area contributed by atoms with Gasteiger partial charge in [-0.2, -0.15) is 0 Å². The number of amides is 1. The summed E-state index contributed by atoms with van der Waals surface area (Å²) in [7, 11) is 0. The van der Waals surface area contributed by atoms with Gasteiger partial charge < -0.3 is 10.0 Å². The number of nitrogens with zero attached hydrogens (tertiary/aromatic N) is 1. The molecule has 106 valence electrons. The number of carboxylic acids is 1. The Balaban J connectivity index is 2.41. The summed E-state index contributed by atoms with van der Waals surface area (Å²) in [6.45, 7) is 2.63. The number of rotatable bonds is 2. The summed E-state index contributed by atoms with van der Waals surface area (Å²) in [4.78, 5) is 24.8. The minimum absolute atomic E-state index is 0.328. The van der Waals surface area contributed by atoms with Gasteiger partial charge in [0, 0.05) is 13.1 Å². The van der Waals surface area contributed by atoms with Crippen LogP contribution < -0.4 is 0 Å². The van der Waals surface area contributed by atoms with Crippen molar-refractivity contribution in [3.8, 4) is 0 Å². The lowest BCUT2D eigenvalue weighted by molar-refractivity contribution is 0.0676. The van der Waals surface area contributed by atoms with Crippen LogP contribution in [-0.4, -0.2) is 35.0 Å². The van der Waals surface area contributed by atoms with E-state index in [4.69, 9.17) is 5.11 Å². The van der Waals surface area contributed by atoms with Crippen molar-refractivity contribution < 1.29 is 23.5 Å². The van der Waals surface area contributed by atoms with Gasteiger partial charge in [-0.15, -0.1) is 0 Å². The van der Waals surface area contributed by atoms with Gasteiger partial charge in [0.15, 0.2) is 11.6 Å². The Hall–Kier alpha value is -2.24. The van der Waals surface area contributed by atoms with Crippen molar-refractivity contribution in [1.29, 1.82) is 0 Å². The monoisotopic (exact) mass is 281 g/mol. The Kier molecular flexibility index (Phi) is 3.83. The van der Waals surface area contributed by atoms with Crippen molar-refractivity contribution >= 4 is 11.9 Å². The first-order valence-corrected chi connectivity index (χ1v) is 6.07. The minimum Gasteiger partial charge on any atom is -0.478 e. The second-order valence-corrected chi connectivity index (χ2v) is 4.68. The van der Waals surface area contributed by atoms with Crippen LogP contribution in [0.4, 0.5) is 8.78 Å². The van der Waals surface area contributed by atoms with Gasteiger partial charge in [0.25, 0.3) is 5.91 Å². The molecule has 0 fully saturated rings. The van der Waals surface area contributed by atoms with Gasteiger partial charge in [0.05, 0.1) is 11.1 Å². The second-order valence-electron chi connectivity index (χ2n) is 4.68. The van der Waals surface area contributed by atoms with E-state index in [2.05, 4.69) is 0 Å². The van der Waals surface area contributed by atoms with Crippen LogP contribution in [-0.2, 0) is 0 Å². The maximum absolute atomic E-state index is 13.3. The largest absolute Gasteiger partial charge is 0.478 e. The lowest BCUT2D eigenvalue weighted by atomic mass is 10.0. The van der Waals surface area contributed by atoms with E-state index >= 15 is 0 Å². The van der Waals surface area contributed by atoms with Crippen LogP contribution in [0.2, 0.25) is 0 Å². The molecule has 0 spiro atoms. The molecule has 6 heteroatoms. The fraction of sp³-hybridized carbons (Fsp3) is 0.286. The van der Waals surface area contributed by atoms with Crippen LogP contribution in [0.25, 0.3) is 0 Å². The molecule has 0 saturated carbocycles. The number of carboxylic acid groups (broad SMARTS) is 1. The Labute approximate surface area is 114 Å². The highest BCUT2D eigenvalue weighted by molar-refractivity contribution is 6.04. The van der Waals surface area contributed by atoms with Crippen molar-refractivity contribution in [2.24, 2.45) is 0 Å². The molecule has 1 heterocycles. The van der Waals surface area contributed by atoms with Gasteiger partial charge in [0.1, 0.15) is 0 Å². The standard InChI is InChI=1S/C14H13F2NO3/c1-8-3-2-4-17(7-8)13(18)9-5-11(15)12(16)6-10(9)14(19)20/h3,5-6H,2,4,7H2,1H3,(H,19,20). The van der Waals surface area contributed by atoms with Crippen molar-refractivity contribution in [2.45, 2.75) is 13.3 Å². The number of benzene rings is 1. The summed E-state index contributed by atoms with van der Waals surface area (Å²) < 4.78 is 26.4. The number of aromatic carboxylic acids is 1. The molecular weight excluding hydrogens is 268 g/mol. The maximum Gasteiger partial charge on any atom is 0.336 e. The summed E-state index contributed by atoms with van der Waals surface area (Å²) in [5.41, 5.74) is 0.122. The molecule has 0 radical (unpaired) electrons. The first kappa shape index (κ1) is 14.2. The Morgan fingerprint density at radius 1 is 1.20 bits per heavy atom. The average Bonchev–Trinajstić information content (AvgIpc) is 2.40. The van der Waals surface area contributed by atoms with Crippen LogP contribution in [0.15, 0.2) is 23.8 Å². The topological polar surface area (TPSA) is 57.6 Å². The SMILES string of the molecule is CC1=CCCN(C(=O)c2cc(F)c(F)cc2C(=O)O)C1. The molecule has 0 aromatic heterocycles. The van der Waals surface area contributed by atoms with Crippen LogP contribution in [0.1, 0.15) is 34.1 Å². The normalized spacial score (nSPS) is 14.9. The first-order chi connectivity index (χ1) is 9.40. The predicted molar refractivity (Wildman–Crippen MR) is 67.6 cm³/mol. The molecule has 4 nitrogen and oxygen atoms in total. The van der Waals surface area contributed by atoms with Gasteiger partial charge in [-0.3, -0.25) is 4.79 Å². The van der Waals surface area contributed by atoms with E-state index in [1.807, 2.05) is 13.0 Å². The van der Waals surface area contributed by atoms with Crippen molar-refractivity contribution in [3.63, 3.8) is 0 Å². The highest BCUT2D eigenvalue weighted by Gasteiger charge is 2.25. The summed E-state index contributed by atoms with van der Waals surface area (Å²) >= 11 is 0. The Morgan fingerprint density at radius 2 is 1.80 bits per heavy atom.